The SMILES string of the molecule is NC(CC1CNC2CCCCC12)C(=O)OCC1OC(O)C(N)C(O)C1O. The molecule has 0 bridgehead atoms. The van der Waals surface area contributed by atoms with Gasteiger partial charge in [-0.2, -0.15) is 0 Å². The number of aliphatic hydroxyl groups excluding tert-OH is 3. The van der Waals surface area contributed by atoms with Gasteiger partial charge in [-0.25, -0.2) is 0 Å². The van der Waals surface area contributed by atoms with E-state index in [9.17, 15) is 20.1 Å². The molecule has 0 radical (unpaired) electrons. The van der Waals surface area contributed by atoms with Gasteiger partial charge >= 0.3 is 5.97 Å². The van der Waals surface area contributed by atoms with Crippen molar-refractivity contribution in [3.63, 3.8) is 0 Å². The molecule has 2 saturated heterocycles. The second-order valence-electron chi connectivity index (χ2n) is 7.82. The third-order valence-corrected chi connectivity index (χ3v) is 6.09. The largest absolute Gasteiger partial charge is 0.462 e. The summed E-state index contributed by atoms with van der Waals surface area (Å²) in [4.78, 5) is 12.2. The average molecular weight is 373 g/mol. The molecule has 0 amide bonds. The Morgan fingerprint density at radius 3 is 2.73 bits per heavy atom. The third kappa shape index (κ3) is 4.19. The first kappa shape index (κ1) is 19.9. The minimum Gasteiger partial charge on any atom is -0.462 e. The fourth-order valence-electron chi connectivity index (χ4n) is 4.49. The number of ether oxygens (including phenoxy) is 2. The molecule has 2 aliphatic heterocycles. The van der Waals surface area contributed by atoms with Crippen LogP contribution in [0.4, 0.5) is 0 Å². The van der Waals surface area contributed by atoms with E-state index in [2.05, 4.69) is 5.32 Å². The van der Waals surface area contributed by atoms with Gasteiger partial charge in [0.05, 0.1) is 6.04 Å². The molecule has 9 nitrogen and oxygen atoms in total. The quantitative estimate of drug-likeness (QED) is 0.294. The van der Waals surface area contributed by atoms with Crippen LogP contribution in [0.3, 0.4) is 0 Å². The van der Waals surface area contributed by atoms with Crippen LogP contribution in [0.25, 0.3) is 0 Å². The van der Waals surface area contributed by atoms with Gasteiger partial charge in [0.2, 0.25) is 0 Å². The fourth-order valence-corrected chi connectivity index (χ4v) is 4.49. The number of rotatable bonds is 5. The lowest BCUT2D eigenvalue weighted by Crippen LogP contribution is -2.62. The van der Waals surface area contributed by atoms with Crippen LogP contribution in [0, 0.1) is 11.8 Å². The Labute approximate surface area is 153 Å². The summed E-state index contributed by atoms with van der Waals surface area (Å²) in [6, 6.07) is -1.33. The van der Waals surface area contributed by atoms with Gasteiger partial charge in [-0.3, -0.25) is 4.79 Å². The Hall–Kier alpha value is -0.810. The van der Waals surface area contributed by atoms with Gasteiger partial charge in [0.1, 0.15) is 31.0 Å². The van der Waals surface area contributed by atoms with E-state index < -0.39 is 42.7 Å². The van der Waals surface area contributed by atoms with E-state index >= 15 is 0 Å². The number of nitrogens with two attached hydrogens (primary N) is 2. The van der Waals surface area contributed by atoms with Crippen molar-refractivity contribution in [1.29, 1.82) is 0 Å². The molecule has 9 unspecified atom stereocenters. The molecular weight excluding hydrogens is 342 g/mol. The highest BCUT2D eigenvalue weighted by molar-refractivity contribution is 5.75. The van der Waals surface area contributed by atoms with Gasteiger partial charge < -0.3 is 41.6 Å². The molecule has 0 aromatic rings. The van der Waals surface area contributed by atoms with Crippen molar-refractivity contribution in [2.45, 2.75) is 74.8 Å². The van der Waals surface area contributed by atoms with Gasteiger partial charge in [-0.15, -0.1) is 0 Å². The van der Waals surface area contributed by atoms with Crippen LogP contribution in [0.1, 0.15) is 32.1 Å². The summed E-state index contributed by atoms with van der Waals surface area (Å²) in [6.45, 7) is 0.570. The van der Waals surface area contributed by atoms with Crippen molar-refractivity contribution >= 4 is 5.97 Å². The first-order valence-electron chi connectivity index (χ1n) is 9.49. The summed E-state index contributed by atoms with van der Waals surface area (Å²) in [5.74, 6) is 0.359. The Morgan fingerprint density at radius 2 is 1.96 bits per heavy atom. The number of carbonyl (C=O) groups is 1. The van der Waals surface area contributed by atoms with Gasteiger partial charge in [-0.05, 0) is 37.6 Å². The molecule has 26 heavy (non-hydrogen) atoms. The highest BCUT2D eigenvalue weighted by Crippen LogP contribution is 2.36. The zero-order valence-corrected chi connectivity index (χ0v) is 14.9. The van der Waals surface area contributed by atoms with Crippen LogP contribution in [0.2, 0.25) is 0 Å². The van der Waals surface area contributed by atoms with Gasteiger partial charge in [-0.1, -0.05) is 12.8 Å². The summed E-state index contributed by atoms with van der Waals surface area (Å²) in [5.41, 5.74) is 11.5. The van der Waals surface area contributed by atoms with E-state index in [1.165, 1.54) is 25.7 Å². The van der Waals surface area contributed by atoms with Crippen LogP contribution < -0.4 is 16.8 Å². The molecule has 1 aliphatic carbocycles. The van der Waals surface area contributed by atoms with E-state index in [0.29, 0.717) is 24.3 Å². The third-order valence-electron chi connectivity index (χ3n) is 6.09. The molecule has 3 fully saturated rings. The Kier molecular flexibility index (Phi) is 6.50. The van der Waals surface area contributed by atoms with Crippen LogP contribution in [-0.4, -0.2) is 77.2 Å². The summed E-state index contributed by atoms with van der Waals surface area (Å²) in [7, 11) is 0. The Balaban J connectivity index is 1.46. The smallest absolute Gasteiger partial charge is 0.323 e. The topological polar surface area (TPSA) is 160 Å². The fraction of sp³-hybridized carbons (Fsp3) is 0.941. The second kappa shape index (κ2) is 8.47. The van der Waals surface area contributed by atoms with Crippen molar-refractivity contribution in [3.05, 3.63) is 0 Å². The molecule has 3 aliphatic rings. The maximum absolute atomic E-state index is 12.2. The molecule has 0 spiro atoms. The number of fused-ring (bicyclic) bond motifs is 1. The summed E-state index contributed by atoms with van der Waals surface area (Å²) in [5, 5.41) is 32.9. The first-order valence-corrected chi connectivity index (χ1v) is 9.49. The number of nitrogens with one attached hydrogen (secondary N) is 1. The number of esters is 1. The van der Waals surface area contributed by atoms with E-state index in [4.69, 9.17) is 20.9 Å². The zero-order chi connectivity index (χ0) is 18.8. The molecule has 3 rings (SSSR count). The number of carbonyl (C=O) groups excluding carboxylic acids is 1. The number of hydrogen-bond donors (Lipinski definition) is 6. The summed E-state index contributed by atoms with van der Waals surface area (Å²) < 4.78 is 10.3. The molecule has 9 heteroatoms. The lowest BCUT2D eigenvalue weighted by molar-refractivity contribution is -0.251. The highest BCUT2D eigenvalue weighted by atomic mass is 16.6. The molecular formula is C17H31N3O6. The molecule has 8 N–H and O–H groups in total. The highest BCUT2D eigenvalue weighted by Gasteiger charge is 2.43. The van der Waals surface area contributed by atoms with Crippen LogP contribution in [-0.2, 0) is 14.3 Å². The molecule has 1 saturated carbocycles. The molecule has 0 aromatic carbocycles. The maximum atomic E-state index is 12.2. The predicted molar refractivity (Wildman–Crippen MR) is 91.7 cm³/mol. The standard InChI is InChI=1S/C17H31N3O6/c18-10(5-8-6-20-11-4-2-1-3-9(8)11)16(23)25-7-12-14(21)15(22)13(19)17(24)26-12/h8-15,17,20-22,24H,1-7,18-19H2. The first-order chi connectivity index (χ1) is 12.4. The molecule has 9 atom stereocenters. The Bertz CT molecular complexity index is 495. The lowest BCUT2D eigenvalue weighted by atomic mass is 9.78. The molecule has 0 aromatic heterocycles. The van der Waals surface area contributed by atoms with E-state index in [-0.39, 0.29) is 6.61 Å². The van der Waals surface area contributed by atoms with Gasteiger partial charge in [0, 0.05) is 6.04 Å². The van der Waals surface area contributed by atoms with Crippen molar-refractivity contribution < 1.29 is 29.6 Å². The molecule has 2 heterocycles. The van der Waals surface area contributed by atoms with Crippen molar-refractivity contribution in [2.75, 3.05) is 13.2 Å². The minimum absolute atomic E-state index is 0.302. The molecule has 150 valence electrons. The summed E-state index contributed by atoms with van der Waals surface area (Å²) >= 11 is 0. The van der Waals surface area contributed by atoms with E-state index in [0.717, 1.165) is 6.54 Å². The van der Waals surface area contributed by atoms with Crippen molar-refractivity contribution in [2.24, 2.45) is 23.3 Å². The maximum Gasteiger partial charge on any atom is 0.323 e. The van der Waals surface area contributed by atoms with Crippen LogP contribution in [0.15, 0.2) is 0 Å². The Morgan fingerprint density at radius 1 is 1.23 bits per heavy atom. The number of aliphatic hydroxyl groups is 3. The monoisotopic (exact) mass is 373 g/mol. The van der Waals surface area contributed by atoms with E-state index in [1.54, 1.807) is 0 Å². The second-order valence-corrected chi connectivity index (χ2v) is 7.82. The summed E-state index contributed by atoms with van der Waals surface area (Å²) in [6.07, 6.45) is 0.195. The number of hydrogen-bond acceptors (Lipinski definition) is 9. The normalized spacial score (nSPS) is 44.3. The van der Waals surface area contributed by atoms with E-state index in [1.807, 2.05) is 0 Å². The predicted octanol–water partition coefficient (Wildman–Crippen LogP) is -2.21. The van der Waals surface area contributed by atoms with Crippen LogP contribution >= 0.6 is 0 Å². The van der Waals surface area contributed by atoms with Crippen LogP contribution in [0.5, 0.6) is 0 Å². The average Bonchev–Trinajstić information content (AvgIpc) is 3.04. The van der Waals surface area contributed by atoms with Gasteiger partial charge in [0.15, 0.2) is 6.29 Å². The lowest BCUT2D eigenvalue weighted by Gasteiger charge is -2.38. The zero-order valence-electron chi connectivity index (χ0n) is 14.9. The van der Waals surface area contributed by atoms with Gasteiger partial charge in [0.25, 0.3) is 0 Å². The minimum atomic E-state index is -1.43. The van der Waals surface area contributed by atoms with Crippen molar-refractivity contribution in [1.82, 2.24) is 5.32 Å². The van der Waals surface area contributed by atoms with Crippen molar-refractivity contribution in [3.8, 4) is 0 Å².